The third kappa shape index (κ3) is 2.88. The Morgan fingerprint density at radius 3 is 2.88 bits per heavy atom. The molecule has 2 unspecified atom stereocenters. The molecule has 7 heteroatoms. The molecule has 0 radical (unpaired) electrons. The number of fused-ring (bicyclic) bond motifs is 1. The van der Waals surface area contributed by atoms with Crippen molar-refractivity contribution in [3.05, 3.63) is 42.4 Å². The molecule has 1 aliphatic rings. The molecule has 2 atom stereocenters. The lowest BCUT2D eigenvalue weighted by atomic mass is 10.1. The maximum atomic E-state index is 13.0. The number of nitrogens with one attached hydrogen (secondary N) is 1. The van der Waals surface area contributed by atoms with Crippen molar-refractivity contribution in [2.24, 2.45) is 5.92 Å². The van der Waals surface area contributed by atoms with E-state index in [0.717, 1.165) is 22.2 Å². The van der Waals surface area contributed by atoms with Crippen LogP contribution in [-0.2, 0) is 4.79 Å². The summed E-state index contributed by atoms with van der Waals surface area (Å²) in [6.07, 6.45) is 4.27. The summed E-state index contributed by atoms with van der Waals surface area (Å²) in [5.41, 5.74) is 8.71. The zero-order valence-electron chi connectivity index (χ0n) is 13.5. The van der Waals surface area contributed by atoms with Gasteiger partial charge in [0.15, 0.2) is 0 Å². The van der Waals surface area contributed by atoms with Crippen molar-refractivity contribution in [3.63, 3.8) is 0 Å². The van der Waals surface area contributed by atoms with Gasteiger partial charge in [0.25, 0.3) is 0 Å². The minimum Gasteiger partial charge on any atom is -0.383 e. The maximum absolute atomic E-state index is 13.0. The number of hydrogen-bond donors (Lipinski definition) is 2. The molecule has 1 saturated carbocycles. The third-order valence-corrected chi connectivity index (χ3v) is 4.34. The fourth-order valence-corrected chi connectivity index (χ4v) is 2.80. The summed E-state index contributed by atoms with van der Waals surface area (Å²) < 4.78 is 13.0. The molecule has 3 heterocycles. The Labute approximate surface area is 143 Å². The van der Waals surface area contributed by atoms with Crippen LogP contribution in [0, 0.1) is 12.8 Å². The zero-order valence-corrected chi connectivity index (χ0v) is 13.5. The predicted molar refractivity (Wildman–Crippen MR) is 93.6 cm³/mol. The number of rotatable bonds is 3. The SMILES string of the molecule is Cc1cnccc1-c1cc2cc(NC(=O)C3CC3F)ncc2c(N)n1. The number of hydrogen-bond acceptors (Lipinski definition) is 5. The van der Waals surface area contributed by atoms with Crippen molar-refractivity contribution in [1.29, 1.82) is 0 Å². The van der Waals surface area contributed by atoms with Gasteiger partial charge >= 0.3 is 0 Å². The number of nitrogens with zero attached hydrogens (tertiary/aromatic N) is 3. The van der Waals surface area contributed by atoms with Crippen molar-refractivity contribution in [3.8, 4) is 11.3 Å². The molecular weight excluding hydrogens is 321 g/mol. The van der Waals surface area contributed by atoms with Gasteiger partial charge in [0.2, 0.25) is 5.91 Å². The predicted octanol–water partition coefficient (Wildman–Crippen LogP) is 2.88. The van der Waals surface area contributed by atoms with Crippen LogP contribution in [0.25, 0.3) is 22.0 Å². The summed E-state index contributed by atoms with van der Waals surface area (Å²) in [6.45, 7) is 1.95. The molecule has 6 nitrogen and oxygen atoms in total. The van der Waals surface area contributed by atoms with Gasteiger partial charge in [0.05, 0.1) is 11.6 Å². The molecule has 4 rings (SSSR count). The highest BCUT2D eigenvalue weighted by atomic mass is 19.1. The van der Waals surface area contributed by atoms with E-state index in [0.29, 0.717) is 17.0 Å². The highest BCUT2D eigenvalue weighted by Crippen LogP contribution is 2.35. The second kappa shape index (κ2) is 5.77. The van der Waals surface area contributed by atoms with Crippen molar-refractivity contribution < 1.29 is 9.18 Å². The van der Waals surface area contributed by atoms with Crippen LogP contribution in [0.5, 0.6) is 0 Å². The first-order chi connectivity index (χ1) is 12.0. The number of pyridine rings is 3. The van der Waals surface area contributed by atoms with E-state index in [-0.39, 0.29) is 12.3 Å². The Morgan fingerprint density at radius 1 is 1.36 bits per heavy atom. The van der Waals surface area contributed by atoms with E-state index in [2.05, 4.69) is 20.3 Å². The Hall–Kier alpha value is -3.09. The van der Waals surface area contributed by atoms with Crippen LogP contribution >= 0.6 is 0 Å². The molecule has 0 aromatic carbocycles. The van der Waals surface area contributed by atoms with Gasteiger partial charge in [-0.15, -0.1) is 0 Å². The van der Waals surface area contributed by atoms with E-state index in [1.165, 1.54) is 0 Å². The number of nitrogens with two attached hydrogens (primary N) is 1. The molecule has 0 saturated heterocycles. The number of aromatic nitrogens is 3. The first kappa shape index (κ1) is 15.4. The van der Waals surface area contributed by atoms with Gasteiger partial charge in [0, 0.05) is 29.5 Å². The molecule has 0 bridgehead atoms. The summed E-state index contributed by atoms with van der Waals surface area (Å²) >= 11 is 0. The molecule has 3 N–H and O–H groups in total. The fraction of sp³-hybridized carbons (Fsp3) is 0.222. The van der Waals surface area contributed by atoms with Crippen LogP contribution in [0.1, 0.15) is 12.0 Å². The molecular formula is C18H16FN5O. The van der Waals surface area contributed by atoms with E-state index in [9.17, 15) is 9.18 Å². The first-order valence-electron chi connectivity index (χ1n) is 7.95. The summed E-state index contributed by atoms with van der Waals surface area (Å²) in [7, 11) is 0. The number of anilines is 2. The van der Waals surface area contributed by atoms with Crippen LogP contribution in [-0.4, -0.2) is 27.0 Å². The molecule has 0 spiro atoms. The summed E-state index contributed by atoms with van der Waals surface area (Å²) in [5.74, 6) is -0.165. The molecule has 1 aliphatic carbocycles. The average molecular weight is 337 g/mol. The number of carbonyl (C=O) groups excluding carboxylic acids is 1. The van der Waals surface area contributed by atoms with Crippen molar-refractivity contribution >= 4 is 28.3 Å². The van der Waals surface area contributed by atoms with Crippen LogP contribution in [0.2, 0.25) is 0 Å². The number of nitrogen functional groups attached to an aromatic ring is 1. The smallest absolute Gasteiger partial charge is 0.231 e. The van der Waals surface area contributed by atoms with Crippen molar-refractivity contribution in [1.82, 2.24) is 15.0 Å². The lowest BCUT2D eigenvalue weighted by Gasteiger charge is -2.10. The summed E-state index contributed by atoms with van der Waals surface area (Å²) in [6, 6.07) is 5.49. The lowest BCUT2D eigenvalue weighted by Crippen LogP contribution is -2.15. The van der Waals surface area contributed by atoms with Gasteiger partial charge < -0.3 is 11.1 Å². The van der Waals surface area contributed by atoms with E-state index >= 15 is 0 Å². The van der Waals surface area contributed by atoms with Gasteiger partial charge in [-0.1, -0.05) is 0 Å². The number of carbonyl (C=O) groups is 1. The van der Waals surface area contributed by atoms with Gasteiger partial charge in [-0.25, -0.2) is 14.4 Å². The molecule has 25 heavy (non-hydrogen) atoms. The normalized spacial score (nSPS) is 19.0. The Morgan fingerprint density at radius 2 is 2.16 bits per heavy atom. The second-order valence-electron chi connectivity index (χ2n) is 6.22. The highest BCUT2D eigenvalue weighted by Gasteiger charge is 2.43. The summed E-state index contributed by atoms with van der Waals surface area (Å²) in [4.78, 5) is 24.6. The van der Waals surface area contributed by atoms with Gasteiger partial charge in [0.1, 0.15) is 17.8 Å². The number of aryl methyl sites for hydroxylation is 1. The first-order valence-corrected chi connectivity index (χ1v) is 7.95. The molecule has 3 aromatic heterocycles. The number of amides is 1. The van der Waals surface area contributed by atoms with Gasteiger partial charge in [-0.05, 0) is 42.5 Å². The van der Waals surface area contributed by atoms with E-state index in [1.54, 1.807) is 24.7 Å². The molecule has 1 fully saturated rings. The number of halogens is 1. The van der Waals surface area contributed by atoms with Gasteiger partial charge in [-0.2, -0.15) is 0 Å². The van der Waals surface area contributed by atoms with Crippen molar-refractivity contribution in [2.75, 3.05) is 11.1 Å². The van der Waals surface area contributed by atoms with E-state index < -0.39 is 12.1 Å². The monoisotopic (exact) mass is 337 g/mol. The maximum Gasteiger partial charge on any atom is 0.231 e. The Balaban J connectivity index is 1.73. The minimum absolute atomic E-state index is 0.280. The fourth-order valence-electron chi connectivity index (χ4n) is 2.80. The minimum atomic E-state index is -1.04. The summed E-state index contributed by atoms with van der Waals surface area (Å²) in [5, 5.41) is 4.16. The molecule has 0 aliphatic heterocycles. The molecule has 3 aromatic rings. The second-order valence-corrected chi connectivity index (χ2v) is 6.22. The van der Waals surface area contributed by atoms with Gasteiger partial charge in [-0.3, -0.25) is 9.78 Å². The van der Waals surface area contributed by atoms with Crippen molar-refractivity contribution in [2.45, 2.75) is 19.5 Å². The highest BCUT2D eigenvalue weighted by molar-refractivity contribution is 5.98. The van der Waals surface area contributed by atoms with Crippen LogP contribution in [0.15, 0.2) is 36.8 Å². The largest absolute Gasteiger partial charge is 0.383 e. The quantitative estimate of drug-likeness (QED) is 0.766. The third-order valence-electron chi connectivity index (χ3n) is 4.34. The lowest BCUT2D eigenvalue weighted by molar-refractivity contribution is -0.117. The standard InChI is InChI=1S/C18H16FN5O/c1-9-7-21-3-2-11(9)15-4-10-5-16(22-8-13(10)17(20)23-15)24-18(25)12-6-14(12)19/h2-5,7-8,12,14H,6H2,1H3,(H2,20,23)(H,22,24,25). The number of alkyl halides is 1. The van der Waals surface area contributed by atoms with Crippen LogP contribution in [0.4, 0.5) is 16.0 Å². The average Bonchev–Trinajstić information content (AvgIpc) is 3.32. The Bertz CT molecular complexity index is 990. The zero-order chi connectivity index (χ0) is 17.6. The molecule has 126 valence electrons. The topological polar surface area (TPSA) is 93.8 Å². The molecule has 1 amide bonds. The van der Waals surface area contributed by atoms with E-state index in [4.69, 9.17) is 5.73 Å². The van der Waals surface area contributed by atoms with Crippen LogP contribution < -0.4 is 11.1 Å². The van der Waals surface area contributed by atoms with E-state index in [1.807, 2.05) is 19.1 Å². The van der Waals surface area contributed by atoms with Crippen LogP contribution in [0.3, 0.4) is 0 Å². The Kier molecular flexibility index (Phi) is 3.56.